The van der Waals surface area contributed by atoms with Crippen LogP contribution >= 0.6 is 0 Å². The number of pyridine rings is 1. The van der Waals surface area contributed by atoms with Crippen LogP contribution in [0, 0.1) is 0 Å². The Bertz CT molecular complexity index is 1150. The average Bonchev–Trinajstić information content (AvgIpc) is 2.68. The first-order valence-corrected chi connectivity index (χ1v) is 8.98. The summed E-state index contributed by atoms with van der Waals surface area (Å²) in [5, 5.41) is 0.594. The summed E-state index contributed by atoms with van der Waals surface area (Å²) in [4.78, 5) is 22.2. The molecular weight excluding hydrogens is 334 g/mol. The number of para-hydroxylation sites is 1. The van der Waals surface area contributed by atoms with Crippen LogP contribution in [0.5, 0.6) is 0 Å². The molecule has 0 spiro atoms. The van der Waals surface area contributed by atoms with Crippen LogP contribution in [0.3, 0.4) is 0 Å². The van der Waals surface area contributed by atoms with Gasteiger partial charge in [0.25, 0.3) is 5.56 Å². The minimum atomic E-state index is -0.0940. The monoisotopic (exact) mass is 355 g/mol. The second-order valence-corrected chi connectivity index (χ2v) is 7.63. The first-order chi connectivity index (χ1) is 12.9. The second-order valence-electron chi connectivity index (χ2n) is 7.63. The standard InChI is InChI=1S/C23H21N3O/c1-23(2,3)17-12-10-16(11-13-17)21-25-20-9-5-4-8-19(20)22(27)26(21)18-7-6-14-24-15-18/h4-15H,1-3H3. The van der Waals surface area contributed by atoms with E-state index in [0.29, 0.717) is 22.4 Å². The second kappa shape index (κ2) is 6.47. The topological polar surface area (TPSA) is 47.8 Å². The highest BCUT2D eigenvalue weighted by molar-refractivity contribution is 5.80. The largest absolute Gasteiger partial charge is 0.268 e. The molecule has 0 saturated carbocycles. The van der Waals surface area contributed by atoms with Crippen molar-refractivity contribution < 1.29 is 0 Å². The van der Waals surface area contributed by atoms with E-state index in [0.717, 1.165) is 5.56 Å². The van der Waals surface area contributed by atoms with Crippen molar-refractivity contribution in [2.24, 2.45) is 0 Å². The zero-order chi connectivity index (χ0) is 19.0. The maximum absolute atomic E-state index is 13.2. The number of hydrogen-bond acceptors (Lipinski definition) is 3. The SMILES string of the molecule is CC(C)(C)c1ccc(-c2nc3ccccc3c(=O)n2-c2cccnc2)cc1. The number of benzene rings is 2. The van der Waals surface area contributed by atoms with Crippen molar-refractivity contribution in [3.8, 4) is 17.1 Å². The van der Waals surface area contributed by atoms with E-state index in [4.69, 9.17) is 4.98 Å². The van der Waals surface area contributed by atoms with Crippen molar-refractivity contribution in [2.45, 2.75) is 26.2 Å². The Balaban J connectivity index is 2.01. The van der Waals surface area contributed by atoms with E-state index in [9.17, 15) is 4.79 Å². The fraction of sp³-hybridized carbons (Fsp3) is 0.174. The van der Waals surface area contributed by atoms with E-state index < -0.39 is 0 Å². The Hall–Kier alpha value is -3.27. The van der Waals surface area contributed by atoms with Gasteiger partial charge in [0.05, 0.1) is 22.8 Å². The van der Waals surface area contributed by atoms with E-state index in [1.165, 1.54) is 5.56 Å². The molecule has 2 heterocycles. The Morgan fingerprint density at radius 3 is 2.30 bits per heavy atom. The molecule has 4 nitrogen and oxygen atoms in total. The zero-order valence-corrected chi connectivity index (χ0v) is 15.7. The normalized spacial score (nSPS) is 11.7. The average molecular weight is 355 g/mol. The maximum atomic E-state index is 13.2. The van der Waals surface area contributed by atoms with Crippen LogP contribution in [-0.4, -0.2) is 14.5 Å². The predicted octanol–water partition coefficient (Wildman–Crippen LogP) is 4.75. The van der Waals surface area contributed by atoms with Crippen LogP contribution in [0.1, 0.15) is 26.3 Å². The number of rotatable bonds is 2. The van der Waals surface area contributed by atoms with Crippen molar-refractivity contribution in [1.82, 2.24) is 14.5 Å². The Kier molecular flexibility index (Phi) is 4.11. The fourth-order valence-electron chi connectivity index (χ4n) is 3.17. The molecule has 0 bridgehead atoms. The van der Waals surface area contributed by atoms with Crippen LogP contribution in [0.25, 0.3) is 28.0 Å². The third kappa shape index (κ3) is 3.14. The van der Waals surface area contributed by atoms with Crippen LogP contribution in [0.4, 0.5) is 0 Å². The summed E-state index contributed by atoms with van der Waals surface area (Å²) in [5.41, 5.74) is 3.51. The van der Waals surface area contributed by atoms with Crippen molar-refractivity contribution in [3.63, 3.8) is 0 Å². The molecule has 0 saturated heterocycles. The van der Waals surface area contributed by atoms with Gasteiger partial charge < -0.3 is 0 Å². The molecule has 0 amide bonds. The number of hydrogen-bond donors (Lipinski definition) is 0. The lowest BCUT2D eigenvalue weighted by atomic mass is 9.86. The quantitative estimate of drug-likeness (QED) is 0.521. The minimum Gasteiger partial charge on any atom is -0.268 e. The molecule has 0 atom stereocenters. The van der Waals surface area contributed by atoms with E-state index in [1.54, 1.807) is 17.0 Å². The molecule has 4 heteroatoms. The molecule has 0 aliphatic rings. The van der Waals surface area contributed by atoms with Gasteiger partial charge >= 0.3 is 0 Å². The van der Waals surface area contributed by atoms with Crippen molar-refractivity contribution in [3.05, 3.63) is 89.0 Å². The molecule has 4 aromatic rings. The van der Waals surface area contributed by atoms with E-state index >= 15 is 0 Å². The van der Waals surface area contributed by atoms with E-state index in [-0.39, 0.29) is 11.0 Å². The van der Waals surface area contributed by atoms with Crippen LogP contribution in [0.15, 0.2) is 77.9 Å². The highest BCUT2D eigenvalue weighted by Crippen LogP contribution is 2.26. The van der Waals surface area contributed by atoms with Crippen molar-refractivity contribution >= 4 is 10.9 Å². The maximum Gasteiger partial charge on any atom is 0.266 e. The molecule has 134 valence electrons. The van der Waals surface area contributed by atoms with Crippen LogP contribution in [0.2, 0.25) is 0 Å². The summed E-state index contributed by atoms with van der Waals surface area (Å²) in [7, 11) is 0. The zero-order valence-electron chi connectivity index (χ0n) is 15.7. The summed E-state index contributed by atoms with van der Waals surface area (Å²) in [6.45, 7) is 6.55. The molecule has 4 rings (SSSR count). The minimum absolute atomic E-state index is 0.0678. The molecule has 0 aliphatic carbocycles. The van der Waals surface area contributed by atoms with Gasteiger partial charge in [0, 0.05) is 11.8 Å². The Morgan fingerprint density at radius 1 is 0.889 bits per heavy atom. The Morgan fingerprint density at radius 2 is 1.63 bits per heavy atom. The lowest BCUT2D eigenvalue weighted by molar-refractivity contribution is 0.590. The molecular formula is C23H21N3O. The highest BCUT2D eigenvalue weighted by atomic mass is 16.1. The number of nitrogens with zero attached hydrogens (tertiary/aromatic N) is 3. The Labute approximate surface area is 158 Å². The van der Waals surface area contributed by atoms with Gasteiger partial charge in [-0.15, -0.1) is 0 Å². The lowest BCUT2D eigenvalue weighted by Crippen LogP contribution is -2.22. The molecule has 0 fully saturated rings. The predicted molar refractivity (Wildman–Crippen MR) is 109 cm³/mol. The van der Waals surface area contributed by atoms with Gasteiger partial charge in [-0.3, -0.25) is 14.3 Å². The molecule has 2 aromatic heterocycles. The molecule has 0 aliphatic heterocycles. The summed E-state index contributed by atoms with van der Waals surface area (Å²) < 4.78 is 1.64. The molecule has 27 heavy (non-hydrogen) atoms. The third-order valence-corrected chi connectivity index (χ3v) is 4.69. The summed E-state index contributed by atoms with van der Waals surface area (Å²) >= 11 is 0. The first kappa shape index (κ1) is 17.2. The first-order valence-electron chi connectivity index (χ1n) is 8.98. The van der Waals surface area contributed by atoms with Gasteiger partial charge in [-0.1, -0.05) is 57.2 Å². The third-order valence-electron chi connectivity index (χ3n) is 4.69. The van der Waals surface area contributed by atoms with Gasteiger partial charge in [-0.05, 0) is 35.2 Å². The van der Waals surface area contributed by atoms with Crippen molar-refractivity contribution in [1.29, 1.82) is 0 Å². The van der Waals surface area contributed by atoms with Gasteiger partial charge in [-0.2, -0.15) is 0 Å². The molecule has 0 radical (unpaired) electrons. The molecule has 0 unspecified atom stereocenters. The van der Waals surface area contributed by atoms with Crippen LogP contribution < -0.4 is 5.56 Å². The highest BCUT2D eigenvalue weighted by Gasteiger charge is 2.17. The van der Waals surface area contributed by atoms with Gasteiger partial charge in [0.1, 0.15) is 5.82 Å². The number of aromatic nitrogens is 3. The smallest absolute Gasteiger partial charge is 0.266 e. The van der Waals surface area contributed by atoms with Crippen LogP contribution in [-0.2, 0) is 5.41 Å². The van der Waals surface area contributed by atoms with E-state index in [1.807, 2.05) is 48.5 Å². The summed E-state index contributed by atoms with van der Waals surface area (Å²) in [6, 6.07) is 19.4. The lowest BCUT2D eigenvalue weighted by Gasteiger charge is -2.19. The van der Waals surface area contributed by atoms with E-state index in [2.05, 4.69) is 37.9 Å². The van der Waals surface area contributed by atoms with Gasteiger partial charge in [0.2, 0.25) is 0 Å². The summed E-state index contributed by atoms with van der Waals surface area (Å²) in [5.74, 6) is 0.618. The van der Waals surface area contributed by atoms with Crippen molar-refractivity contribution in [2.75, 3.05) is 0 Å². The van der Waals surface area contributed by atoms with Gasteiger partial charge in [-0.25, -0.2) is 4.98 Å². The summed E-state index contributed by atoms with van der Waals surface area (Å²) in [6.07, 6.45) is 3.38. The number of fused-ring (bicyclic) bond motifs is 1. The van der Waals surface area contributed by atoms with Gasteiger partial charge in [0.15, 0.2) is 0 Å². The molecule has 0 N–H and O–H groups in total. The molecule has 2 aromatic carbocycles. The fourth-order valence-corrected chi connectivity index (χ4v) is 3.17.